The van der Waals surface area contributed by atoms with Crippen molar-refractivity contribution in [1.82, 2.24) is 4.90 Å². The fraction of sp³-hybridized carbons (Fsp3) is 0.296. The number of ether oxygens (including phenoxy) is 2. The molecule has 0 aromatic heterocycles. The second kappa shape index (κ2) is 9.38. The highest BCUT2D eigenvalue weighted by atomic mass is 16.5. The second-order valence-corrected chi connectivity index (χ2v) is 8.36. The zero-order valence-corrected chi connectivity index (χ0v) is 20.0. The average molecular weight is 477 g/mol. The molecule has 2 aromatic carbocycles. The number of hydrogen-bond acceptors (Lipinski definition) is 6. The van der Waals surface area contributed by atoms with Crippen LogP contribution in [0.15, 0.2) is 60.7 Å². The highest BCUT2D eigenvalue weighted by Crippen LogP contribution is 2.53. The number of rotatable bonds is 8. The van der Waals surface area contributed by atoms with Crippen molar-refractivity contribution >= 4 is 29.0 Å². The summed E-state index contributed by atoms with van der Waals surface area (Å²) in [5.41, 5.74) is 0.0664. The lowest BCUT2D eigenvalue weighted by atomic mass is 9.82. The smallest absolute Gasteiger partial charge is 0.296 e. The number of carbonyl (C=O) groups is 3. The Labute approximate surface area is 204 Å². The highest BCUT2D eigenvalue weighted by molar-refractivity contribution is 6.50. The van der Waals surface area contributed by atoms with Gasteiger partial charge >= 0.3 is 0 Å². The molecule has 182 valence electrons. The van der Waals surface area contributed by atoms with E-state index in [1.54, 1.807) is 55.5 Å². The molecule has 2 amide bonds. The standard InChI is InChI=1S/C27H28N2O6/c1-5-14-35-21-12-11-18(16-17(21)3)23(30)22-24(31)25(32)29(13-15-34-4)27(22)19-9-7-8-10-20(19)28(6-2)26(27)33/h5,7-12,16,30H,1,6,13-15H2,2-4H3/t27-/m1/s1. The Kier molecular flexibility index (Phi) is 6.49. The summed E-state index contributed by atoms with van der Waals surface area (Å²) in [4.78, 5) is 43.5. The third-order valence-electron chi connectivity index (χ3n) is 6.45. The predicted octanol–water partition coefficient (Wildman–Crippen LogP) is 3.15. The first kappa shape index (κ1) is 24.2. The maximum absolute atomic E-state index is 14.0. The number of likely N-dealkylation sites (N-methyl/N-ethyl adjacent to an activating group) is 1. The number of aliphatic hydroxyl groups is 1. The van der Waals surface area contributed by atoms with Crippen LogP contribution in [0, 0.1) is 6.92 Å². The van der Waals surface area contributed by atoms with Crippen LogP contribution >= 0.6 is 0 Å². The van der Waals surface area contributed by atoms with E-state index in [1.807, 2.05) is 6.92 Å². The van der Waals surface area contributed by atoms with Gasteiger partial charge in [-0.1, -0.05) is 30.9 Å². The van der Waals surface area contributed by atoms with Crippen LogP contribution in [0.3, 0.4) is 0 Å². The number of aryl methyl sites for hydroxylation is 1. The van der Waals surface area contributed by atoms with Crippen LogP contribution in [0.4, 0.5) is 5.69 Å². The number of aliphatic hydroxyl groups excluding tert-OH is 1. The molecule has 1 spiro atoms. The number of hydrogen-bond donors (Lipinski definition) is 1. The summed E-state index contributed by atoms with van der Waals surface area (Å²) in [6.07, 6.45) is 1.62. The van der Waals surface area contributed by atoms with E-state index in [9.17, 15) is 19.5 Å². The van der Waals surface area contributed by atoms with Gasteiger partial charge in [-0.3, -0.25) is 14.4 Å². The number of fused-ring (bicyclic) bond motifs is 2. The first-order valence-corrected chi connectivity index (χ1v) is 11.4. The third kappa shape index (κ3) is 3.52. The normalized spacial score (nSPS) is 20.6. The van der Waals surface area contributed by atoms with Crippen LogP contribution in [0.5, 0.6) is 5.75 Å². The fourth-order valence-electron chi connectivity index (χ4n) is 4.91. The summed E-state index contributed by atoms with van der Waals surface area (Å²) in [7, 11) is 1.48. The summed E-state index contributed by atoms with van der Waals surface area (Å²) < 4.78 is 10.8. The van der Waals surface area contributed by atoms with Crippen molar-refractivity contribution in [3.63, 3.8) is 0 Å². The molecule has 0 radical (unpaired) electrons. The molecule has 8 heteroatoms. The lowest BCUT2D eigenvalue weighted by Gasteiger charge is -2.34. The van der Waals surface area contributed by atoms with Gasteiger partial charge in [0.05, 0.1) is 17.9 Å². The minimum Gasteiger partial charge on any atom is -0.507 e. The zero-order valence-electron chi connectivity index (χ0n) is 20.0. The van der Waals surface area contributed by atoms with Crippen molar-refractivity contribution in [1.29, 1.82) is 0 Å². The summed E-state index contributed by atoms with van der Waals surface area (Å²) in [5, 5.41) is 11.5. The van der Waals surface area contributed by atoms with Crippen LogP contribution in [0.25, 0.3) is 5.76 Å². The lowest BCUT2D eigenvalue weighted by Crippen LogP contribution is -2.52. The van der Waals surface area contributed by atoms with Crippen LogP contribution in [0.1, 0.15) is 23.6 Å². The van der Waals surface area contributed by atoms with E-state index in [0.717, 1.165) is 0 Å². The number of Topliss-reactive ketones (excluding diaryl/α,β-unsaturated/α-hetero) is 1. The van der Waals surface area contributed by atoms with Gasteiger partial charge < -0.3 is 24.4 Å². The zero-order chi connectivity index (χ0) is 25.3. The molecule has 8 nitrogen and oxygen atoms in total. The Hall–Kier alpha value is -3.91. The molecule has 0 saturated carbocycles. The molecular formula is C27H28N2O6. The topological polar surface area (TPSA) is 96.4 Å². The highest BCUT2D eigenvalue weighted by Gasteiger charge is 2.66. The quantitative estimate of drug-likeness (QED) is 0.272. The first-order valence-electron chi connectivity index (χ1n) is 11.4. The van der Waals surface area contributed by atoms with E-state index in [-0.39, 0.29) is 18.7 Å². The average Bonchev–Trinajstić information content (AvgIpc) is 3.24. The largest absolute Gasteiger partial charge is 0.507 e. The van der Waals surface area contributed by atoms with E-state index < -0.39 is 28.9 Å². The van der Waals surface area contributed by atoms with Crippen molar-refractivity contribution < 1.29 is 29.0 Å². The Morgan fingerprint density at radius 2 is 1.91 bits per heavy atom. The number of para-hydroxylation sites is 1. The van der Waals surface area contributed by atoms with Crippen LogP contribution in [-0.4, -0.2) is 61.0 Å². The van der Waals surface area contributed by atoms with Gasteiger partial charge in [-0.15, -0.1) is 0 Å². The maximum atomic E-state index is 14.0. The molecule has 4 rings (SSSR count). The predicted molar refractivity (Wildman–Crippen MR) is 131 cm³/mol. The number of likely N-dealkylation sites (tertiary alicyclic amines) is 1. The summed E-state index contributed by atoms with van der Waals surface area (Å²) in [6.45, 7) is 8.03. The van der Waals surface area contributed by atoms with Gasteiger partial charge in [-0.25, -0.2) is 0 Å². The van der Waals surface area contributed by atoms with E-state index in [0.29, 0.717) is 41.3 Å². The van der Waals surface area contributed by atoms with Crippen molar-refractivity contribution in [2.45, 2.75) is 19.4 Å². The van der Waals surface area contributed by atoms with Crippen LogP contribution in [0.2, 0.25) is 0 Å². The Balaban J connectivity index is 1.98. The number of ketones is 1. The number of anilines is 1. The summed E-state index contributed by atoms with van der Waals surface area (Å²) in [6, 6.07) is 12.0. The summed E-state index contributed by atoms with van der Waals surface area (Å²) >= 11 is 0. The van der Waals surface area contributed by atoms with Crippen molar-refractivity contribution in [3.05, 3.63) is 77.4 Å². The second-order valence-electron chi connectivity index (χ2n) is 8.36. The Morgan fingerprint density at radius 3 is 2.57 bits per heavy atom. The molecule has 1 fully saturated rings. The van der Waals surface area contributed by atoms with Gasteiger partial charge in [0.25, 0.3) is 17.6 Å². The number of amides is 2. The first-order chi connectivity index (χ1) is 16.8. The molecule has 0 unspecified atom stereocenters. The molecule has 2 aliphatic rings. The molecule has 2 aliphatic heterocycles. The molecule has 2 aromatic rings. The van der Waals surface area contributed by atoms with Gasteiger partial charge in [0.15, 0.2) is 5.54 Å². The number of benzene rings is 2. The molecule has 1 N–H and O–H groups in total. The third-order valence-corrected chi connectivity index (χ3v) is 6.45. The van der Waals surface area contributed by atoms with Gasteiger partial charge in [-0.2, -0.15) is 0 Å². The van der Waals surface area contributed by atoms with Gasteiger partial charge in [0.1, 0.15) is 18.1 Å². The molecule has 1 atom stereocenters. The van der Waals surface area contributed by atoms with E-state index in [1.165, 1.54) is 16.9 Å². The Morgan fingerprint density at radius 1 is 1.17 bits per heavy atom. The lowest BCUT2D eigenvalue weighted by molar-refractivity contribution is -0.144. The maximum Gasteiger partial charge on any atom is 0.296 e. The monoisotopic (exact) mass is 476 g/mol. The van der Waals surface area contributed by atoms with Crippen LogP contribution < -0.4 is 9.64 Å². The number of carbonyl (C=O) groups excluding carboxylic acids is 3. The molecule has 1 saturated heterocycles. The van der Waals surface area contributed by atoms with Crippen molar-refractivity contribution in [3.8, 4) is 5.75 Å². The summed E-state index contributed by atoms with van der Waals surface area (Å²) in [5.74, 6) is -2.05. The minimum atomic E-state index is -1.78. The minimum absolute atomic E-state index is 0.00282. The van der Waals surface area contributed by atoms with E-state index in [4.69, 9.17) is 9.47 Å². The van der Waals surface area contributed by atoms with Gasteiger partial charge in [0, 0.05) is 31.3 Å². The molecular weight excluding hydrogens is 448 g/mol. The van der Waals surface area contributed by atoms with Crippen molar-refractivity contribution in [2.24, 2.45) is 0 Å². The Bertz CT molecular complexity index is 1250. The van der Waals surface area contributed by atoms with E-state index >= 15 is 0 Å². The van der Waals surface area contributed by atoms with Gasteiger partial charge in [-0.05, 0) is 43.7 Å². The number of nitrogens with zero attached hydrogens (tertiary/aromatic N) is 2. The SMILES string of the molecule is C=CCOc1ccc(C(O)=C2C(=O)C(=O)N(CCOC)[C@@]23C(=O)N(CC)c2ccccc23)cc1C. The fourth-order valence-corrected chi connectivity index (χ4v) is 4.91. The molecule has 2 heterocycles. The number of methoxy groups -OCH3 is 1. The van der Waals surface area contributed by atoms with Crippen molar-refractivity contribution in [2.75, 3.05) is 38.3 Å². The van der Waals surface area contributed by atoms with Gasteiger partial charge in [0.2, 0.25) is 0 Å². The van der Waals surface area contributed by atoms with E-state index in [2.05, 4.69) is 6.58 Å². The molecule has 0 bridgehead atoms. The molecule has 0 aliphatic carbocycles. The molecule has 35 heavy (non-hydrogen) atoms. The van der Waals surface area contributed by atoms with Crippen LogP contribution in [-0.2, 0) is 24.7 Å².